The van der Waals surface area contributed by atoms with E-state index in [2.05, 4.69) is 15.2 Å². The zero-order valence-electron chi connectivity index (χ0n) is 13.0. The average Bonchev–Trinajstić information content (AvgIpc) is 3.14. The number of aromatic nitrogens is 3. The number of halogens is 1. The van der Waals surface area contributed by atoms with Crippen molar-refractivity contribution in [1.82, 2.24) is 15.2 Å². The summed E-state index contributed by atoms with van der Waals surface area (Å²) >= 11 is 0. The van der Waals surface area contributed by atoms with Crippen LogP contribution in [0.3, 0.4) is 0 Å². The molecule has 0 amide bonds. The van der Waals surface area contributed by atoms with Crippen molar-refractivity contribution in [2.45, 2.75) is 18.3 Å². The van der Waals surface area contributed by atoms with Gasteiger partial charge in [0.1, 0.15) is 5.82 Å². The molecular weight excluding hydrogens is 309 g/mol. The molecule has 2 aromatic heterocycles. The standard InChI is InChI=1S/C18H16FN3O2/c19-15-5-3-14(4-6-15)18(7-10-23-11-8-18)17-22-21-16(24-17)13-2-1-9-20-12-13/h1-6,9,12H,7-8,10-11H2. The van der Waals surface area contributed by atoms with Crippen LogP contribution in [0.25, 0.3) is 11.5 Å². The minimum absolute atomic E-state index is 0.262. The van der Waals surface area contributed by atoms with Crippen LogP contribution in [0.4, 0.5) is 4.39 Å². The number of benzene rings is 1. The highest BCUT2D eigenvalue weighted by atomic mass is 19.1. The molecule has 6 heteroatoms. The van der Waals surface area contributed by atoms with Gasteiger partial charge >= 0.3 is 0 Å². The Bertz CT molecular complexity index is 812. The van der Waals surface area contributed by atoms with Gasteiger partial charge in [-0.3, -0.25) is 4.98 Å². The molecular formula is C18H16FN3O2. The maximum atomic E-state index is 13.3. The zero-order valence-corrected chi connectivity index (χ0v) is 13.0. The molecule has 0 N–H and O–H groups in total. The van der Waals surface area contributed by atoms with Gasteiger partial charge in [-0.05, 0) is 42.7 Å². The molecule has 4 rings (SSSR count). The lowest BCUT2D eigenvalue weighted by molar-refractivity contribution is 0.0546. The van der Waals surface area contributed by atoms with Crippen LogP contribution in [0.2, 0.25) is 0 Å². The highest BCUT2D eigenvalue weighted by Crippen LogP contribution is 2.41. The maximum absolute atomic E-state index is 13.3. The van der Waals surface area contributed by atoms with Gasteiger partial charge in [-0.1, -0.05) is 12.1 Å². The van der Waals surface area contributed by atoms with Crippen LogP contribution >= 0.6 is 0 Å². The van der Waals surface area contributed by atoms with E-state index in [-0.39, 0.29) is 5.82 Å². The van der Waals surface area contributed by atoms with Gasteiger partial charge in [0.15, 0.2) is 0 Å². The molecule has 0 aliphatic carbocycles. The molecule has 0 radical (unpaired) electrons. The minimum atomic E-state index is -0.445. The smallest absolute Gasteiger partial charge is 0.249 e. The third-order valence-electron chi connectivity index (χ3n) is 4.49. The van der Waals surface area contributed by atoms with Crippen LogP contribution in [0.15, 0.2) is 53.2 Å². The number of ether oxygens (including phenoxy) is 1. The Labute approximate surface area is 138 Å². The van der Waals surface area contributed by atoms with E-state index >= 15 is 0 Å². The third-order valence-corrected chi connectivity index (χ3v) is 4.49. The summed E-state index contributed by atoms with van der Waals surface area (Å²) in [6.45, 7) is 1.20. The first-order chi connectivity index (χ1) is 11.8. The molecule has 0 atom stereocenters. The van der Waals surface area contributed by atoms with E-state index in [9.17, 15) is 4.39 Å². The largest absolute Gasteiger partial charge is 0.420 e. The quantitative estimate of drug-likeness (QED) is 0.739. The number of hydrogen-bond donors (Lipinski definition) is 0. The van der Waals surface area contributed by atoms with Gasteiger partial charge in [0.2, 0.25) is 11.8 Å². The second-order valence-corrected chi connectivity index (χ2v) is 5.86. The number of nitrogens with zero attached hydrogens (tertiary/aromatic N) is 3. The molecule has 3 aromatic rings. The maximum Gasteiger partial charge on any atom is 0.249 e. The predicted molar refractivity (Wildman–Crippen MR) is 84.8 cm³/mol. The summed E-state index contributed by atoms with van der Waals surface area (Å²) in [5.74, 6) is 0.713. The van der Waals surface area contributed by atoms with E-state index in [1.165, 1.54) is 12.1 Å². The van der Waals surface area contributed by atoms with Crippen LogP contribution in [0.1, 0.15) is 24.3 Å². The van der Waals surface area contributed by atoms with Crippen molar-refractivity contribution in [3.8, 4) is 11.5 Å². The molecule has 0 spiro atoms. The normalized spacial score (nSPS) is 16.9. The summed E-state index contributed by atoms with van der Waals surface area (Å²) in [7, 11) is 0. The molecule has 0 unspecified atom stereocenters. The van der Waals surface area contributed by atoms with Gasteiger partial charge in [-0.25, -0.2) is 4.39 Å². The van der Waals surface area contributed by atoms with E-state index in [0.717, 1.165) is 11.1 Å². The molecule has 3 heterocycles. The Morgan fingerprint density at radius 1 is 1.00 bits per heavy atom. The molecule has 5 nitrogen and oxygen atoms in total. The van der Waals surface area contributed by atoms with Gasteiger partial charge in [0, 0.05) is 25.6 Å². The van der Waals surface area contributed by atoms with Crippen LogP contribution in [0, 0.1) is 5.82 Å². The number of rotatable bonds is 3. The lowest BCUT2D eigenvalue weighted by Crippen LogP contribution is -2.35. The topological polar surface area (TPSA) is 61.0 Å². The molecule has 0 saturated carbocycles. The van der Waals surface area contributed by atoms with Crippen LogP contribution in [-0.4, -0.2) is 28.4 Å². The molecule has 1 aromatic carbocycles. The fourth-order valence-electron chi connectivity index (χ4n) is 3.14. The Hall–Kier alpha value is -2.60. The van der Waals surface area contributed by atoms with Crippen LogP contribution < -0.4 is 0 Å². The first-order valence-corrected chi connectivity index (χ1v) is 7.86. The molecule has 1 aliphatic heterocycles. The zero-order chi connectivity index (χ0) is 16.4. The predicted octanol–water partition coefficient (Wildman–Crippen LogP) is 3.37. The summed E-state index contributed by atoms with van der Waals surface area (Å²) < 4.78 is 24.8. The van der Waals surface area contributed by atoms with E-state index in [1.54, 1.807) is 24.5 Å². The first-order valence-electron chi connectivity index (χ1n) is 7.86. The highest BCUT2D eigenvalue weighted by molar-refractivity contribution is 5.50. The van der Waals surface area contributed by atoms with Crippen molar-refractivity contribution >= 4 is 0 Å². The van der Waals surface area contributed by atoms with Crippen molar-refractivity contribution < 1.29 is 13.5 Å². The summed E-state index contributed by atoms with van der Waals surface area (Å²) in [5, 5.41) is 8.47. The van der Waals surface area contributed by atoms with E-state index in [4.69, 9.17) is 9.15 Å². The summed E-state index contributed by atoms with van der Waals surface area (Å²) in [6, 6.07) is 10.2. The summed E-state index contributed by atoms with van der Waals surface area (Å²) in [4.78, 5) is 4.08. The molecule has 24 heavy (non-hydrogen) atoms. The van der Waals surface area contributed by atoms with Gasteiger partial charge in [-0.2, -0.15) is 0 Å². The molecule has 1 aliphatic rings. The monoisotopic (exact) mass is 325 g/mol. The minimum Gasteiger partial charge on any atom is -0.420 e. The third kappa shape index (κ3) is 2.59. The SMILES string of the molecule is Fc1ccc(C2(c3nnc(-c4cccnc4)o3)CCOCC2)cc1. The van der Waals surface area contributed by atoms with Crippen LogP contribution in [0.5, 0.6) is 0 Å². The Kier molecular flexibility index (Phi) is 3.82. The molecule has 1 saturated heterocycles. The van der Waals surface area contributed by atoms with E-state index < -0.39 is 5.41 Å². The van der Waals surface area contributed by atoms with Gasteiger partial charge in [0.25, 0.3) is 0 Å². The lowest BCUT2D eigenvalue weighted by Gasteiger charge is -2.34. The first kappa shape index (κ1) is 15.0. The fraction of sp³-hybridized carbons (Fsp3) is 0.278. The number of hydrogen-bond acceptors (Lipinski definition) is 5. The molecule has 1 fully saturated rings. The van der Waals surface area contributed by atoms with Crippen LogP contribution in [-0.2, 0) is 10.2 Å². The summed E-state index contributed by atoms with van der Waals surface area (Å²) in [5.41, 5.74) is 1.30. The Morgan fingerprint density at radius 3 is 2.50 bits per heavy atom. The number of pyridine rings is 1. The van der Waals surface area contributed by atoms with Crippen molar-refractivity contribution in [2.24, 2.45) is 0 Å². The lowest BCUT2D eigenvalue weighted by atomic mass is 9.74. The van der Waals surface area contributed by atoms with Gasteiger partial charge < -0.3 is 9.15 Å². The van der Waals surface area contributed by atoms with Gasteiger partial charge in [0.05, 0.1) is 11.0 Å². The highest BCUT2D eigenvalue weighted by Gasteiger charge is 2.41. The van der Waals surface area contributed by atoms with E-state index in [1.807, 2.05) is 12.1 Å². The molecule has 0 bridgehead atoms. The van der Waals surface area contributed by atoms with E-state index in [0.29, 0.717) is 37.8 Å². The fourth-order valence-corrected chi connectivity index (χ4v) is 3.14. The Morgan fingerprint density at radius 2 is 1.79 bits per heavy atom. The summed E-state index contributed by atoms with van der Waals surface area (Å²) in [6.07, 6.45) is 4.81. The Balaban J connectivity index is 1.77. The van der Waals surface area contributed by atoms with Crippen molar-refractivity contribution in [1.29, 1.82) is 0 Å². The van der Waals surface area contributed by atoms with Crippen molar-refractivity contribution in [3.63, 3.8) is 0 Å². The van der Waals surface area contributed by atoms with Gasteiger partial charge in [-0.15, -0.1) is 10.2 Å². The average molecular weight is 325 g/mol. The van der Waals surface area contributed by atoms with Crippen molar-refractivity contribution in [3.05, 3.63) is 66.1 Å². The molecule has 122 valence electrons. The van der Waals surface area contributed by atoms with Crippen molar-refractivity contribution in [2.75, 3.05) is 13.2 Å². The second kappa shape index (κ2) is 6.13. The second-order valence-electron chi connectivity index (χ2n) is 5.86.